The van der Waals surface area contributed by atoms with Crippen LogP contribution in [0.2, 0.25) is 0 Å². The largest absolute Gasteiger partial charge is 0.480 e. The Kier molecular flexibility index (Phi) is 5.72. The SMILES string of the molecule is CC(=O)N[C@@H](CSCC(=O)Nc1ccc2c(c1)N1CCN=C1S2)C(=O)O. The Labute approximate surface area is 158 Å². The third-order valence-corrected chi connectivity index (χ3v) is 5.86. The molecule has 2 heterocycles. The van der Waals surface area contributed by atoms with Gasteiger partial charge in [-0.15, -0.1) is 11.8 Å². The number of hydrogen-bond donors (Lipinski definition) is 3. The second-order valence-electron chi connectivity index (χ2n) is 5.76. The van der Waals surface area contributed by atoms with Crippen LogP contribution in [-0.4, -0.2) is 58.7 Å². The van der Waals surface area contributed by atoms with Gasteiger partial charge in [0.25, 0.3) is 0 Å². The number of aliphatic carboxylic acids is 1. The summed E-state index contributed by atoms with van der Waals surface area (Å²) >= 11 is 2.79. The smallest absolute Gasteiger partial charge is 0.327 e. The number of amides is 2. The second kappa shape index (κ2) is 8.00. The molecule has 0 radical (unpaired) electrons. The van der Waals surface area contributed by atoms with Crippen LogP contribution in [0, 0.1) is 0 Å². The summed E-state index contributed by atoms with van der Waals surface area (Å²) in [5, 5.41) is 15.2. The van der Waals surface area contributed by atoms with Gasteiger partial charge in [-0.25, -0.2) is 4.79 Å². The lowest BCUT2D eigenvalue weighted by Gasteiger charge is -2.14. The number of carbonyl (C=O) groups excluding carboxylic acids is 2. The number of carboxylic acid groups (broad SMARTS) is 1. The fourth-order valence-corrected chi connectivity index (χ4v) is 4.51. The van der Waals surface area contributed by atoms with Crippen molar-refractivity contribution in [2.45, 2.75) is 17.9 Å². The van der Waals surface area contributed by atoms with Crippen LogP contribution < -0.4 is 15.5 Å². The van der Waals surface area contributed by atoms with E-state index in [0.29, 0.717) is 5.69 Å². The zero-order valence-electron chi connectivity index (χ0n) is 14.0. The Hall–Kier alpha value is -2.20. The Morgan fingerprint density at radius 2 is 2.23 bits per heavy atom. The Morgan fingerprint density at radius 1 is 1.42 bits per heavy atom. The number of benzene rings is 1. The number of fused-ring (bicyclic) bond motifs is 3. The van der Waals surface area contributed by atoms with Crippen molar-refractivity contribution in [3.05, 3.63) is 18.2 Å². The van der Waals surface area contributed by atoms with Gasteiger partial charge in [-0.05, 0) is 30.0 Å². The van der Waals surface area contributed by atoms with Crippen molar-refractivity contribution in [3.63, 3.8) is 0 Å². The number of hydrogen-bond acceptors (Lipinski definition) is 7. The first-order valence-electron chi connectivity index (χ1n) is 7.95. The van der Waals surface area contributed by atoms with E-state index in [1.54, 1.807) is 11.8 Å². The van der Waals surface area contributed by atoms with Crippen LogP contribution in [0.5, 0.6) is 0 Å². The van der Waals surface area contributed by atoms with Crippen LogP contribution >= 0.6 is 23.5 Å². The van der Waals surface area contributed by atoms with E-state index in [0.717, 1.165) is 40.6 Å². The number of carbonyl (C=O) groups is 3. The topological polar surface area (TPSA) is 111 Å². The summed E-state index contributed by atoms with van der Waals surface area (Å²) in [4.78, 5) is 41.8. The van der Waals surface area contributed by atoms with Crippen molar-refractivity contribution >= 4 is 57.8 Å². The van der Waals surface area contributed by atoms with E-state index in [1.165, 1.54) is 6.92 Å². The molecule has 0 fully saturated rings. The molecule has 8 nitrogen and oxygen atoms in total. The highest BCUT2D eigenvalue weighted by Gasteiger charge is 2.29. The maximum atomic E-state index is 12.1. The molecule has 0 saturated heterocycles. The number of rotatable bonds is 7. The molecule has 2 aliphatic rings. The van der Waals surface area contributed by atoms with E-state index in [2.05, 4.69) is 20.5 Å². The number of nitrogens with one attached hydrogen (secondary N) is 2. The zero-order chi connectivity index (χ0) is 18.7. The molecule has 2 amide bonds. The molecule has 138 valence electrons. The maximum absolute atomic E-state index is 12.1. The highest BCUT2D eigenvalue weighted by atomic mass is 32.2. The van der Waals surface area contributed by atoms with Gasteiger partial charge in [0, 0.05) is 29.8 Å². The highest BCUT2D eigenvalue weighted by Crippen LogP contribution is 2.43. The summed E-state index contributed by atoms with van der Waals surface area (Å²) in [6, 6.07) is 4.72. The number of nitrogens with zero attached hydrogens (tertiary/aromatic N) is 2. The van der Waals surface area contributed by atoms with Crippen LogP contribution in [0.25, 0.3) is 0 Å². The lowest BCUT2D eigenvalue weighted by molar-refractivity contribution is -0.140. The summed E-state index contributed by atoms with van der Waals surface area (Å²) in [6.07, 6.45) is 0. The van der Waals surface area contributed by atoms with Gasteiger partial charge in [-0.3, -0.25) is 14.6 Å². The van der Waals surface area contributed by atoms with Crippen LogP contribution in [0.15, 0.2) is 28.1 Å². The van der Waals surface area contributed by atoms with Gasteiger partial charge in [-0.1, -0.05) is 0 Å². The molecule has 1 atom stereocenters. The number of aliphatic imine (C=N–C) groups is 1. The van der Waals surface area contributed by atoms with Crippen molar-refractivity contribution in [3.8, 4) is 0 Å². The van der Waals surface area contributed by atoms with E-state index in [-0.39, 0.29) is 17.4 Å². The van der Waals surface area contributed by atoms with Gasteiger partial charge in [-0.2, -0.15) is 0 Å². The Balaban J connectivity index is 1.51. The van der Waals surface area contributed by atoms with E-state index >= 15 is 0 Å². The van der Waals surface area contributed by atoms with Crippen molar-refractivity contribution in [1.29, 1.82) is 0 Å². The standard InChI is InChI=1S/C16H18N4O4S2/c1-9(21)18-11(15(23)24)7-25-8-14(22)19-10-2-3-13-12(6-10)20-5-4-17-16(20)26-13/h2-3,6,11H,4-5,7-8H2,1H3,(H,18,21)(H,19,22)(H,23,24)/t11-/m0/s1. The van der Waals surface area contributed by atoms with Gasteiger partial charge < -0.3 is 20.6 Å². The van der Waals surface area contributed by atoms with Gasteiger partial charge in [0.1, 0.15) is 6.04 Å². The van der Waals surface area contributed by atoms with Crippen molar-refractivity contribution in [2.75, 3.05) is 34.8 Å². The van der Waals surface area contributed by atoms with Crippen molar-refractivity contribution < 1.29 is 19.5 Å². The molecule has 0 spiro atoms. The summed E-state index contributed by atoms with van der Waals surface area (Å²) in [7, 11) is 0. The molecule has 3 rings (SSSR count). The molecule has 1 aromatic rings. The minimum Gasteiger partial charge on any atom is -0.480 e. The van der Waals surface area contributed by atoms with Crippen LogP contribution in [-0.2, 0) is 14.4 Å². The molecule has 0 saturated carbocycles. The van der Waals surface area contributed by atoms with Gasteiger partial charge >= 0.3 is 5.97 Å². The molecule has 26 heavy (non-hydrogen) atoms. The number of carboxylic acids is 1. The predicted molar refractivity (Wildman–Crippen MR) is 103 cm³/mol. The molecule has 10 heteroatoms. The van der Waals surface area contributed by atoms with Crippen molar-refractivity contribution in [1.82, 2.24) is 5.32 Å². The summed E-state index contributed by atoms with van der Waals surface area (Å²) < 4.78 is 0. The summed E-state index contributed by atoms with van der Waals surface area (Å²) in [6.45, 7) is 2.90. The van der Waals surface area contributed by atoms with Crippen LogP contribution in [0.4, 0.5) is 11.4 Å². The van der Waals surface area contributed by atoms with E-state index < -0.39 is 17.9 Å². The zero-order valence-corrected chi connectivity index (χ0v) is 15.7. The first kappa shape index (κ1) is 18.6. The third kappa shape index (κ3) is 4.31. The van der Waals surface area contributed by atoms with Gasteiger partial charge in [0.15, 0.2) is 5.17 Å². The highest BCUT2D eigenvalue weighted by molar-refractivity contribution is 8.14. The van der Waals surface area contributed by atoms with E-state index in [1.807, 2.05) is 18.2 Å². The van der Waals surface area contributed by atoms with E-state index in [9.17, 15) is 14.4 Å². The molecule has 2 aliphatic heterocycles. The van der Waals surface area contributed by atoms with Gasteiger partial charge in [0.2, 0.25) is 11.8 Å². The first-order chi connectivity index (χ1) is 12.4. The average Bonchev–Trinajstić information content (AvgIpc) is 3.14. The maximum Gasteiger partial charge on any atom is 0.327 e. The average molecular weight is 394 g/mol. The second-order valence-corrected chi connectivity index (χ2v) is 7.79. The fraction of sp³-hybridized carbons (Fsp3) is 0.375. The molecule has 1 aromatic carbocycles. The predicted octanol–water partition coefficient (Wildman–Crippen LogP) is 1.23. The minimum absolute atomic E-state index is 0.103. The number of amidine groups is 1. The lowest BCUT2D eigenvalue weighted by Crippen LogP contribution is -2.41. The minimum atomic E-state index is -1.12. The van der Waals surface area contributed by atoms with E-state index in [4.69, 9.17) is 5.11 Å². The monoisotopic (exact) mass is 394 g/mol. The Bertz CT molecular complexity index is 784. The lowest BCUT2D eigenvalue weighted by atomic mass is 10.2. The van der Waals surface area contributed by atoms with Crippen molar-refractivity contribution in [2.24, 2.45) is 4.99 Å². The van der Waals surface area contributed by atoms with Crippen LogP contribution in [0.3, 0.4) is 0 Å². The number of thioether (sulfide) groups is 2. The quantitative estimate of drug-likeness (QED) is 0.638. The molecule has 3 N–H and O–H groups in total. The third-order valence-electron chi connectivity index (χ3n) is 3.73. The first-order valence-corrected chi connectivity index (χ1v) is 9.92. The summed E-state index contributed by atoms with van der Waals surface area (Å²) in [5.41, 5.74) is 1.74. The molecular weight excluding hydrogens is 376 g/mol. The van der Waals surface area contributed by atoms with Gasteiger partial charge in [0.05, 0.1) is 18.0 Å². The molecule has 0 aliphatic carbocycles. The molecule has 0 bridgehead atoms. The normalized spacial score (nSPS) is 15.7. The molecule has 0 aromatic heterocycles. The fourth-order valence-electron chi connectivity index (χ4n) is 2.61. The summed E-state index contributed by atoms with van der Waals surface area (Å²) in [5.74, 6) is -1.53. The molecular formula is C16H18N4O4S2. The van der Waals surface area contributed by atoms with Crippen LogP contribution in [0.1, 0.15) is 6.92 Å². The Morgan fingerprint density at radius 3 is 2.96 bits per heavy atom. The number of anilines is 2. The molecule has 0 unspecified atom stereocenters.